The minimum absolute atomic E-state index is 0.256. The molecule has 0 aliphatic heterocycles. The van der Waals surface area contributed by atoms with Crippen LogP contribution in [-0.2, 0) is 0 Å². The van der Waals surface area contributed by atoms with Gasteiger partial charge in [-0.1, -0.05) is 6.92 Å². The SMILES string of the molecule is CCCNc1cc(C(=O)Nc2ncccn2)ccn1. The van der Waals surface area contributed by atoms with Crippen LogP contribution in [0.3, 0.4) is 0 Å². The Morgan fingerprint density at radius 2 is 2.00 bits per heavy atom. The van der Waals surface area contributed by atoms with Crippen molar-refractivity contribution in [1.82, 2.24) is 15.0 Å². The van der Waals surface area contributed by atoms with E-state index in [0.29, 0.717) is 11.4 Å². The number of aromatic nitrogens is 3. The molecule has 98 valence electrons. The van der Waals surface area contributed by atoms with Gasteiger partial charge in [0.15, 0.2) is 0 Å². The van der Waals surface area contributed by atoms with Crippen LogP contribution in [0.2, 0.25) is 0 Å². The molecule has 19 heavy (non-hydrogen) atoms. The van der Waals surface area contributed by atoms with Crippen LogP contribution >= 0.6 is 0 Å². The van der Waals surface area contributed by atoms with Gasteiger partial charge in [0.1, 0.15) is 5.82 Å². The first-order valence-electron chi connectivity index (χ1n) is 6.08. The molecule has 0 saturated carbocycles. The number of carbonyl (C=O) groups is 1. The largest absolute Gasteiger partial charge is 0.370 e. The van der Waals surface area contributed by atoms with Crippen molar-refractivity contribution >= 4 is 17.7 Å². The highest BCUT2D eigenvalue weighted by Gasteiger charge is 2.08. The Hall–Kier alpha value is -2.50. The zero-order valence-electron chi connectivity index (χ0n) is 10.6. The third-order valence-electron chi connectivity index (χ3n) is 2.37. The van der Waals surface area contributed by atoms with Gasteiger partial charge in [-0.25, -0.2) is 15.0 Å². The van der Waals surface area contributed by atoms with Gasteiger partial charge in [0.25, 0.3) is 5.91 Å². The van der Waals surface area contributed by atoms with Crippen molar-refractivity contribution < 1.29 is 4.79 Å². The van der Waals surface area contributed by atoms with Crippen LogP contribution < -0.4 is 10.6 Å². The minimum atomic E-state index is -0.256. The minimum Gasteiger partial charge on any atom is -0.370 e. The van der Waals surface area contributed by atoms with Gasteiger partial charge in [0, 0.05) is 30.7 Å². The molecule has 2 heterocycles. The van der Waals surface area contributed by atoms with Gasteiger partial charge in [-0.3, -0.25) is 10.1 Å². The summed E-state index contributed by atoms with van der Waals surface area (Å²) in [6.07, 6.45) is 5.74. The number of nitrogens with one attached hydrogen (secondary N) is 2. The topological polar surface area (TPSA) is 79.8 Å². The number of pyridine rings is 1. The first-order chi connectivity index (χ1) is 9.29. The molecule has 2 aromatic rings. The summed E-state index contributed by atoms with van der Waals surface area (Å²) < 4.78 is 0. The highest BCUT2D eigenvalue weighted by molar-refractivity contribution is 6.03. The fraction of sp³-hybridized carbons (Fsp3) is 0.231. The van der Waals surface area contributed by atoms with Gasteiger partial charge in [-0.2, -0.15) is 0 Å². The molecule has 0 saturated heterocycles. The van der Waals surface area contributed by atoms with E-state index in [1.54, 1.807) is 36.8 Å². The molecule has 6 heteroatoms. The summed E-state index contributed by atoms with van der Waals surface area (Å²) in [6.45, 7) is 2.89. The van der Waals surface area contributed by atoms with Crippen LogP contribution in [0.25, 0.3) is 0 Å². The Morgan fingerprint density at radius 1 is 1.21 bits per heavy atom. The zero-order chi connectivity index (χ0) is 13.5. The van der Waals surface area contributed by atoms with Gasteiger partial charge in [-0.05, 0) is 24.6 Å². The van der Waals surface area contributed by atoms with Crippen molar-refractivity contribution in [1.29, 1.82) is 0 Å². The molecular weight excluding hydrogens is 242 g/mol. The molecule has 2 rings (SSSR count). The zero-order valence-corrected chi connectivity index (χ0v) is 10.6. The summed E-state index contributed by atoms with van der Waals surface area (Å²) in [6, 6.07) is 5.04. The number of hydrogen-bond acceptors (Lipinski definition) is 5. The van der Waals surface area contributed by atoms with Crippen LogP contribution in [0.1, 0.15) is 23.7 Å². The van der Waals surface area contributed by atoms with E-state index in [1.807, 2.05) is 0 Å². The predicted octanol–water partition coefficient (Wildman–Crippen LogP) is 1.95. The molecule has 0 bridgehead atoms. The molecule has 0 aliphatic carbocycles. The van der Waals surface area contributed by atoms with Gasteiger partial charge < -0.3 is 5.32 Å². The Balaban J connectivity index is 2.06. The molecule has 0 fully saturated rings. The van der Waals surface area contributed by atoms with E-state index in [9.17, 15) is 4.79 Å². The summed E-state index contributed by atoms with van der Waals surface area (Å²) in [4.78, 5) is 24.0. The number of carbonyl (C=O) groups excluding carboxylic acids is 1. The number of anilines is 2. The molecule has 2 N–H and O–H groups in total. The van der Waals surface area contributed by atoms with Crippen molar-refractivity contribution in [2.75, 3.05) is 17.2 Å². The van der Waals surface area contributed by atoms with E-state index in [0.717, 1.165) is 13.0 Å². The van der Waals surface area contributed by atoms with Crippen LogP contribution in [0.15, 0.2) is 36.8 Å². The number of rotatable bonds is 5. The Morgan fingerprint density at radius 3 is 2.74 bits per heavy atom. The van der Waals surface area contributed by atoms with E-state index in [2.05, 4.69) is 32.5 Å². The lowest BCUT2D eigenvalue weighted by molar-refractivity contribution is 0.102. The van der Waals surface area contributed by atoms with Crippen molar-refractivity contribution in [2.24, 2.45) is 0 Å². The van der Waals surface area contributed by atoms with Crippen LogP contribution in [0.4, 0.5) is 11.8 Å². The predicted molar refractivity (Wildman–Crippen MR) is 73.0 cm³/mol. The van der Waals surface area contributed by atoms with Gasteiger partial charge >= 0.3 is 0 Å². The summed E-state index contributed by atoms with van der Waals surface area (Å²) in [5, 5.41) is 5.76. The monoisotopic (exact) mass is 257 g/mol. The third kappa shape index (κ3) is 3.74. The summed E-state index contributed by atoms with van der Waals surface area (Å²) in [5.41, 5.74) is 0.515. The Labute approximate surface area is 111 Å². The molecular formula is C13H15N5O. The van der Waals surface area contributed by atoms with Crippen molar-refractivity contribution in [2.45, 2.75) is 13.3 Å². The molecule has 0 atom stereocenters. The second-order valence-corrected chi connectivity index (χ2v) is 3.88. The Bertz CT molecular complexity index is 544. The van der Waals surface area contributed by atoms with E-state index in [-0.39, 0.29) is 11.9 Å². The molecule has 0 aliphatic rings. The second kappa shape index (κ2) is 6.44. The maximum atomic E-state index is 12.0. The third-order valence-corrected chi connectivity index (χ3v) is 2.37. The smallest absolute Gasteiger partial charge is 0.258 e. The lowest BCUT2D eigenvalue weighted by Gasteiger charge is -2.06. The maximum Gasteiger partial charge on any atom is 0.258 e. The molecule has 1 amide bonds. The van der Waals surface area contributed by atoms with E-state index in [4.69, 9.17) is 0 Å². The number of hydrogen-bond donors (Lipinski definition) is 2. The molecule has 0 spiro atoms. The molecule has 0 radical (unpaired) electrons. The quantitative estimate of drug-likeness (QED) is 0.855. The van der Waals surface area contributed by atoms with E-state index >= 15 is 0 Å². The van der Waals surface area contributed by atoms with E-state index in [1.165, 1.54) is 0 Å². The number of nitrogens with zero attached hydrogens (tertiary/aromatic N) is 3. The van der Waals surface area contributed by atoms with Crippen LogP contribution in [0, 0.1) is 0 Å². The molecule has 6 nitrogen and oxygen atoms in total. The number of amides is 1. The lowest BCUT2D eigenvalue weighted by Crippen LogP contribution is -2.14. The van der Waals surface area contributed by atoms with Crippen LogP contribution in [0.5, 0.6) is 0 Å². The molecule has 0 aromatic carbocycles. The normalized spacial score (nSPS) is 9.95. The highest BCUT2D eigenvalue weighted by Crippen LogP contribution is 2.08. The Kier molecular flexibility index (Phi) is 4.39. The lowest BCUT2D eigenvalue weighted by atomic mass is 10.2. The maximum absolute atomic E-state index is 12.0. The highest BCUT2D eigenvalue weighted by atomic mass is 16.1. The van der Waals surface area contributed by atoms with Crippen molar-refractivity contribution in [3.8, 4) is 0 Å². The van der Waals surface area contributed by atoms with Crippen molar-refractivity contribution in [3.63, 3.8) is 0 Å². The van der Waals surface area contributed by atoms with Gasteiger partial charge in [-0.15, -0.1) is 0 Å². The summed E-state index contributed by atoms with van der Waals surface area (Å²) in [5.74, 6) is 0.712. The average Bonchev–Trinajstić information content (AvgIpc) is 2.46. The first-order valence-corrected chi connectivity index (χ1v) is 6.08. The molecule has 0 unspecified atom stereocenters. The van der Waals surface area contributed by atoms with Gasteiger partial charge in [0.2, 0.25) is 5.95 Å². The fourth-order valence-corrected chi connectivity index (χ4v) is 1.46. The second-order valence-electron chi connectivity index (χ2n) is 3.88. The standard InChI is InChI=1S/C13H15N5O/c1-2-5-14-11-9-10(4-8-15-11)12(19)18-13-16-6-3-7-17-13/h3-4,6-9H,2,5H2,1H3,(H,14,15)(H,16,17,18,19). The van der Waals surface area contributed by atoms with E-state index < -0.39 is 0 Å². The van der Waals surface area contributed by atoms with Gasteiger partial charge in [0.05, 0.1) is 0 Å². The first kappa shape index (κ1) is 12.9. The molecule has 2 aromatic heterocycles. The fourth-order valence-electron chi connectivity index (χ4n) is 1.46. The van der Waals surface area contributed by atoms with Crippen molar-refractivity contribution in [3.05, 3.63) is 42.4 Å². The summed E-state index contributed by atoms with van der Waals surface area (Å²) >= 11 is 0. The van der Waals surface area contributed by atoms with Crippen LogP contribution in [-0.4, -0.2) is 27.4 Å². The summed E-state index contributed by atoms with van der Waals surface area (Å²) in [7, 11) is 0. The average molecular weight is 257 g/mol.